The maximum Gasteiger partial charge on any atom is 0.326 e. The van der Waals surface area contributed by atoms with Crippen molar-refractivity contribution in [3.05, 3.63) is 46.9 Å². The molecular weight excluding hydrogens is 266 g/mol. The van der Waals surface area contributed by atoms with Crippen molar-refractivity contribution in [2.24, 2.45) is 0 Å². The molecule has 1 aromatic heterocycles. The van der Waals surface area contributed by atoms with Gasteiger partial charge in [-0.05, 0) is 23.9 Å². The number of unbranched alkanes of at least 4 members (excludes halogenated alkanes) is 3. The third-order valence-electron chi connectivity index (χ3n) is 3.45. The summed E-state index contributed by atoms with van der Waals surface area (Å²) in [4.78, 5) is 24.0. The van der Waals surface area contributed by atoms with Crippen LogP contribution in [0.2, 0.25) is 0 Å². The number of nitrogens with zero attached hydrogens (tertiary/aromatic N) is 1. The van der Waals surface area contributed by atoms with Crippen molar-refractivity contribution in [3.8, 4) is 0 Å². The van der Waals surface area contributed by atoms with E-state index in [1.54, 1.807) is 12.3 Å². The van der Waals surface area contributed by atoms with Crippen LogP contribution in [-0.4, -0.2) is 17.1 Å². The summed E-state index contributed by atoms with van der Waals surface area (Å²) in [6.45, 7) is 2.54. The number of carbonyl (C=O) groups is 1. The van der Waals surface area contributed by atoms with Gasteiger partial charge in [0.25, 0.3) is 5.56 Å². The van der Waals surface area contributed by atoms with Gasteiger partial charge in [-0.1, -0.05) is 44.4 Å². The highest BCUT2D eigenvalue weighted by Crippen LogP contribution is 2.08. The summed E-state index contributed by atoms with van der Waals surface area (Å²) in [6, 6.07) is 9.19. The molecule has 0 saturated heterocycles. The number of benzene rings is 1. The number of fused-ring (bicyclic) bond motifs is 1. The number of pyridine rings is 1. The van der Waals surface area contributed by atoms with Crippen LogP contribution in [0, 0.1) is 0 Å². The molecule has 0 unspecified atom stereocenters. The molecule has 0 N–H and O–H groups in total. The predicted molar refractivity (Wildman–Crippen MR) is 83.3 cm³/mol. The van der Waals surface area contributed by atoms with E-state index in [2.05, 4.69) is 6.92 Å². The van der Waals surface area contributed by atoms with E-state index in [-0.39, 0.29) is 18.1 Å². The second-order valence-corrected chi connectivity index (χ2v) is 5.12. The summed E-state index contributed by atoms with van der Waals surface area (Å²) in [5.41, 5.74) is -0.156. The molecule has 0 spiro atoms. The summed E-state index contributed by atoms with van der Waals surface area (Å²) in [7, 11) is 0. The van der Waals surface area contributed by atoms with Gasteiger partial charge in [-0.15, -0.1) is 0 Å². The molecule has 4 nitrogen and oxygen atoms in total. The predicted octanol–water partition coefficient (Wildman–Crippen LogP) is 3.13. The maximum absolute atomic E-state index is 12.2. The van der Waals surface area contributed by atoms with E-state index in [4.69, 9.17) is 4.74 Å². The lowest BCUT2D eigenvalue weighted by molar-refractivity contribution is -0.144. The van der Waals surface area contributed by atoms with Crippen LogP contribution in [0.15, 0.2) is 41.3 Å². The smallest absolute Gasteiger partial charge is 0.326 e. The van der Waals surface area contributed by atoms with Crippen LogP contribution in [0.25, 0.3) is 10.8 Å². The summed E-state index contributed by atoms with van der Waals surface area (Å²) < 4.78 is 6.56. The summed E-state index contributed by atoms with van der Waals surface area (Å²) in [5, 5.41) is 1.50. The first-order chi connectivity index (χ1) is 10.2. The molecule has 0 aliphatic rings. The third kappa shape index (κ3) is 4.18. The van der Waals surface area contributed by atoms with Crippen molar-refractivity contribution in [1.29, 1.82) is 0 Å². The minimum Gasteiger partial charge on any atom is -0.464 e. The van der Waals surface area contributed by atoms with Gasteiger partial charge in [0, 0.05) is 11.6 Å². The standard InChI is InChI=1S/C17H21NO3/c1-2-3-4-7-12-21-16(19)13-18-11-10-14-8-5-6-9-15(14)17(18)20/h5-6,8-11H,2-4,7,12-13H2,1H3. The van der Waals surface area contributed by atoms with E-state index in [0.29, 0.717) is 12.0 Å². The fraction of sp³-hybridized carbons (Fsp3) is 0.412. The largest absolute Gasteiger partial charge is 0.464 e. The summed E-state index contributed by atoms with van der Waals surface area (Å²) in [5.74, 6) is -0.358. The molecule has 0 radical (unpaired) electrons. The lowest BCUT2D eigenvalue weighted by Crippen LogP contribution is -2.25. The minimum absolute atomic E-state index is 0.0303. The first-order valence-electron chi connectivity index (χ1n) is 7.46. The Morgan fingerprint density at radius 2 is 1.95 bits per heavy atom. The van der Waals surface area contributed by atoms with Crippen LogP contribution >= 0.6 is 0 Å². The molecule has 0 atom stereocenters. The Hall–Kier alpha value is -2.10. The van der Waals surface area contributed by atoms with Crippen LogP contribution in [0.4, 0.5) is 0 Å². The first-order valence-corrected chi connectivity index (χ1v) is 7.46. The van der Waals surface area contributed by atoms with E-state index < -0.39 is 0 Å². The molecule has 0 amide bonds. The van der Waals surface area contributed by atoms with Crippen molar-refractivity contribution >= 4 is 16.7 Å². The highest BCUT2D eigenvalue weighted by molar-refractivity contribution is 5.81. The molecule has 2 rings (SSSR count). The Balaban J connectivity index is 1.95. The van der Waals surface area contributed by atoms with Crippen molar-refractivity contribution in [2.75, 3.05) is 6.61 Å². The summed E-state index contributed by atoms with van der Waals surface area (Å²) in [6.07, 6.45) is 5.90. The van der Waals surface area contributed by atoms with E-state index in [1.807, 2.05) is 24.3 Å². The van der Waals surface area contributed by atoms with Gasteiger partial charge in [0.05, 0.1) is 6.61 Å². The van der Waals surface area contributed by atoms with Crippen molar-refractivity contribution < 1.29 is 9.53 Å². The van der Waals surface area contributed by atoms with Crippen LogP contribution < -0.4 is 5.56 Å². The molecule has 0 bridgehead atoms. The molecule has 112 valence electrons. The zero-order chi connectivity index (χ0) is 15.1. The molecule has 0 saturated carbocycles. The maximum atomic E-state index is 12.2. The number of rotatable bonds is 7. The van der Waals surface area contributed by atoms with Gasteiger partial charge in [0.2, 0.25) is 0 Å². The topological polar surface area (TPSA) is 48.3 Å². The van der Waals surface area contributed by atoms with Crippen LogP contribution in [0.3, 0.4) is 0 Å². The number of carbonyl (C=O) groups excluding carboxylic acids is 1. The first kappa shape index (κ1) is 15.3. The Morgan fingerprint density at radius 3 is 2.76 bits per heavy atom. The number of ether oxygens (including phenoxy) is 1. The third-order valence-corrected chi connectivity index (χ3v) is 3.45. The van der Waals surface area contributed by atoms with E-state index in [0.717, 1.165) is 31.1 Å². The van der Waals surface area contributed by atoms with Gasteiger partial charge < -0.3 is 9.30 Å². The molecular formula is C17H21NO3. The zero-order valence-electron chi connectivity index (χ0n) is 12.4. The van der Waals surface area contributed by atoms with Crippen LogP contribution in [0.5, 0.6) is 0 Å². The van der Waals surface area contributed by atoms with Crippen molar-refractivity contribution in [2.45, 2.75) is 39.2 Å². The molecule has 0 aliphatic heterocycles. The molecule has 4 heteroatoms. The number of hydrogen-bond acceptors (Lipinski definition) is 3. The van der Waals surface area contributed by atoms with Crippen molar-refractivity contribution in [1.82, 2.24) is 4.57 Å². The van der Waals surface area contributed by atoms with Gasteiger partial charge in [-0.25, -0.2) is 0 Å². The Labute approximate surface area is 124 Å². The Morgan fingerprint density at radius 1 is 1.14 bits per heavy atom. The molecule has 0 fully saturated rings. The Kier molecular flexibility index (Phi) is 5.55. The lowest BCUT2D eigenvalue weighted by atomic mass is 10.2. The SMILES string of the molecule is CCCCCCOC(=O)Cn1ccc2ccccc2c1=O. The van der Waals surface area contributed by atoms with E-state index in [1.165, 1.54) is 4.57 Å². The van der Waals surface area contributed by atoms with Crippen molar-refractivity contribution in [3.63, 3.8) is 0 Å². The fourth-order valence-electron chi connectivity index (χ4n) is 2.25. The molecule has 1 heterocycles. The highest BCUT2D eigenvalue weighted by Gasteiger charge is 2.07. The molecule has 0 aliphatic carbocycles. The second kappa shape index (κ2) is 7.62. The summed E-state index contributed by atoms with van der Waals surface area (Å²) >= 11 is 0. The quantitative estimate of drug-likeness (QED) is 0.580. The van der Waals surface area contributed by atoms with Gasteiger partial charge >= 0.3 is 5.97 Å². The van der Waals surface area contributed by atoms with Crippen LogP contribution in [-0.2, 0) is 16.1 Å². The number of esters is 1. The monoisotopic (exact) mass is 287 g/mol. The van der Waals surface area contributed by atoms with Gasteiger partial charge in [-0.3, -0.25) is 9.59 Å². The number of hydrogen-bond donors (Lipinski definition) is 0. The second-order valence-electron chi connectivity index (χ2n) is 5.12. The van der Waals surface area contributed by atoms with Gasteiger partial charge in [-0.2, -0.15) is 0 Å². The molecule has 2 aromatic rings. The van der Waals surface area contributed by atoms with E-state index >= 15 is 0 Å². The normalized spacial score (nSPS) is 10.7. The minimum atomic E-state index is -0.358. The highest BCUT2D eigenvalue weighted by atomic mass is 16.5. The fourth-order valence-corrected chi connectivity index (χ4v) is 2.25. The zero-order valence-corrected chi connectivity index (χ0v) is 12.4. The van der Waals surface area contributed by atoms with E-state index in [9.17, 15) is 9.59 Å². The van der Waals surface area contributed by atoms with Gasteiger partial charge in [0.15, 0.2) is 0 Å². The van der Waals surface area contributed by atoms with Gasteiger partial charge in [0.1, 0.15) is 6.54 Å². The average Bonchev–Trinajstić information content (AvgIpc) is 2.50. The number of aromatic nitrogens is 1. The molecule has 21 heavy (non-hydrogen) atoms. The average molecular weight is 287 g/mol. The lowest BCUT2D eigenvalue weighted by Gasteiger charge is -2.08. The molecule has 1 aromatic carbocycles. The van der Waals surface area contributed by atoms with Crippen LogP contribution in [0.1, 0.15) is 32.6 Å². The Bertz CT molecular complexity index is 660.